The Bertz CT molecular complexity index is 1400. The molecule has 236 valence electrons. The zero-order valence-electron chi connectivity index (χ0n) is 25.2. The van der Waals surface area contributed by atoms with Crippen LogP contribution in [-0.4, -0.2) is 85.1 Å². The second-order valence-electron chi connectivity index (χ2n) is 11.9. The van der Waals surface area contributed by atoms with Crippen LogP contribution in [0.1, 0.15) is 51.3 Å². The van der Waals surface area contributed by atoms with Gasteiger partial charge in [0, 0.05) is 11.8 Å². The predicted molar refractivity (Wildman–Crippen MR) is 162 cm³/mol. The van der Waals surface area contributed by atoms with Gasteiger partial charge < -0.3 is 30.5 Å². The van der Waals surface area contributed by atoms with E-state index < -0.39 is 64.1 Å². The van der Waals surface area contributed by atoms with E-state index in [0.29, 0.717) is 5.56 Å². The lowest BCUT2D eigenvalue weighted by atomic mass is 9.95. The number of aromatic hydroxyl groups is 1. The number of aliphatic carboxylic acids is 1. The van der Waals surface area contributed by atoms with Gasteiger partial charge in [-0.15, -0.1) is 11.8 Å². The molecular weight excluding hydrogens is 588 g/mol. The second kappa shape index (κ2) is 13.2. The van der Waals surface area contributed by atoms with E-state index in [1.165, 1.54) is 52.9 Å². The van der Waals surface area contributed by atoms with Gasteiger partial charge in [0.05, 0.1) is 0 Å². The summed E-state index contributed by atoms with van der Waals surface area (Å²) in [5, 5.41) is 24.4. The fourth-order valence-corrected chi connectivity index (χ4v) is 7.05. The largest absolute Gasteiger partial charge is 0.508 e. The fourth-order valence-electron chi connectivity index (χ4n) is 5.42. The number of nitrogens with zero attached hydrogens (tertiary/aromatic N) is 2. The highest BCUT2D eigenvalue weighted by molar-refractivity contribution is 8.01. The van der Waals surface area contributed by atoms with Crippen LogP contribution in [0.3, 0.4) is 0 Å². The molecule has 0 radical (unpaired) electrons. The van der Waals surface area contributed by atoms with Gasteiger partial charge in [0.2, 0.25) is 17.7 Å². The van der Waals surface area contributed by atoms with Gasteiger partial charge in [0.1, 0.15) is 41.9 Å². The molecule has 2 aliphatic rings. The van der Waals surface area contributed by atoms with Crippen molar-refractivity contribution in [2.45, 2.75) is 75.0 Å². The minimum Gasteiger partial charge on any atom is -0.508 e. The first-order chi connectivity index (χ1) is 20.7. The van der Waals surface area contributed by atoms with Crippen LogP contribution in [0.4, 0.5) is 4.79 Å². The number of carbonyl (C=O) groups is 5. The molecule has 5 atom stereocenters. The molecule has 2 heterocycles. The molecule has 0 spiro atoms. The third-order valence-electron chi connectivity index (χ3n) is 7.71. The van der Waals surface area contributed by atoms with E-state index in [4.69, 9.17) is 4.74 Å². The van der Waals surface area contributed by atoms with E-state index in [2.05, 4.69) is 10.6 Å². The molecule has 44 heavy (non-hydrogen) atoms. The van der Waals surface area contributed by atoms with Crippen LogP contribution in [-0.2, 0) is 30.5 Å². The van der Waals surface area contributed by atoms with Crippen molar-refractivity contribution in [2.24, 2.45) is 5.92 Å². The summed E-state index contributed by atoms with van der Waals surface area (Å²) in [7, 11) is 1.45. The Balaban J connectivity index is 1.52. The van der Waals surface area contributed by atoms with Crippen LogP contribution in [0.5, 0.6) is 5.75 Å². The Hall–Kier alpha value is -4.26. The molecular formula is C31H38N4O8S. The van der Waals surface area contributed by atoms with Crippen LogP contribution in [0.15, 0.2) is 54.6 Å². The lowest BCUT2D eigenvalue weighted by molar-refractivity contribution is -0.161. The summed E-state index contributed by atoms with van der Waals surface area (Å²) >= 11 is 1.28. The third-order valence-corrected chi connectivity index (χ3v) is 9.28. The van der Waals surface area contributed by atoms with Crippen molar-refractivity contribution in [3.05, 3.63) is 65.7 Å². The maximum atomic E-state index is 13.7. The molecule has 0 aromatic heterocycles. The van der Waals surface area contributed by atoms with Gasteiger partial charge in [0.25, 0.3) is 0 Å². The minimum atomic E-state index is -1.29. The van der Waals surface area contributed by atoms with Gasteiger partial charge in [-0.05, 0) is 49.4 Å². The van der Waals surface area contributed by atoms with E-state index in [-0.39, 0.29) is 24.7 Å². The van der Waals surface area contributed by atoms with Gasteiger partial charge in [-0.1, -0.05) is 56.3 Å². The van der Waals surface area contributed by atoms with Crippen molar-refractivity contribution >= 4 is 41.5 Å². The predicted octanol–water partition coefficient (Wildman–Crippen LogP) is 2.86. The number of phenolic OH excluding ortho intramolecular Hbond substituents is 1. The number of carbonyl (C=O) groups excluding carboxylic acids is 4. The molecule has 2 aliphatic heterocycles. The minimum absolute atomic E-state index is 0.000389. The number of likely N-dealkylation sites (N-methyl/N-ethyl adjacent to an activating group) is 1. The Kier molecular flexibility index (Phi) is 9.77. The van der Waals surface area contributed by atoms with E-state index in [9.17, 15) is 34.2 Å². The molecule has 0 saturated carbocycles. The van der Waals surface area contributed by atoms with Crippen LogP contribution in [0, 0.1) is 5.92 Å². The third kappa shape index (κ3) is 6.93. The van der Waals surface area contributed by atoms with Gasteiger partial charge in [0.15, 0.2) is 0 Å². The molecule has 4 amide bonds. The van der Waals surface area contributed by atoms with E-state index in [1.54, 1.807) is 13.8 Å². The van der Waals surface area contributed by atoms with Crippen LogP contribution in [0.25, 0.3) is 0 Å². The molecule has 4 N–H and O–H groups in total. The highest BCUT2D eigenvalue weighted by atomic mass is 32.2. The zero-order valence-corrected chi connectivity index (χ0v) is 26.0. The van der Waals surface area contributed by atoms with E-state index >= 15 is 0 Å². The zero-order chi connectivity index (χ0) is 32.3. The van der Waals surface area contributed by atoms with E-state index in [1.807, 2.05) is 44.2 Å². The lowest BCUT2D eigenvalue weighted by Crippen LogP contribution is -2.71. The molecule has 3 unspecified atom stereocenters. The standard InChI is InChI=1S/C31H38N4O8S/c1-17(2)15-21(34(5)30(42)43-16-18-9-7-6-8-10-18)25(37)32-22(19-11-13-20(36)14-12-19)26(38)33-23-27(39)35-24(29(40)41)31(3,4)44-28(23)35/h6-14,17,21-24,28,36H,15-16H2,1-5H3,(H,32,37)(H,33,38)(H,40,41)/t21?,22?,23?,24-,28+/m0/s1. The number of nitrogens with one attached hydrogen (secondary N) is 2. The Morgan fingerprint density at radius 1 is 1.05 bits per heavy atom. The molecule has 12 nitrogen and oxygen atoms in total. The van der Waals surface area contributed by atoms with Crippen LogP contribution in [0.2, 0.25) is 0 Å². The fraction of sp³-hybridized carbons (Fsp3) is 0.452. The maximum absolute atomic E-state index is 13.7. The molecule has 2 saturated heterocycles. The molecule has 2 aromatic rings. The quantitative estimate of drug-likeness (QED) is 0.275. The highest BCUT2D eigenvalue weighted by Gasteiger charge is 2.64. The number of thioether (sulfide) groups is 1. The number of rotatable bonds is 11. The van der Waals surface area contributed by atoms with Gasteiger partial charge in [-0.3, -0.25) is 19.3 Å². The topological polar surface area (TPSA) is 166 Å². The average molecular weight is 627 g/mol. The van der Waals surface area contributed by atoms with Crippen LogP contribution >= 0.6 is 11.8 Å². The summed E-state index contributed by atoms with van der Waals surface area (Å²) in [5.41, 5.74) is 1.11. The molecule has 4 rings (SSSR count). The number of carboxylic acids is 1. The number of hydrogen-bond donors (Lipinski definition) is 4. The number of carboxylic acid groups (broad SMARTS) is 1. The molecule has 2 fully saturated rings. The van der Waals surface area contributed by atoms with Crippen molar-refractivity contribution in [1.82, 2.24) is 20.4 Å². The summed E-state index contributed by atoms with van der Waals surface area (Å²) in [6.07, 6.45) is -0.443. The van der Waals surface area contributed by atoms with Crippen molar-refractivity contribution < 1.29 is 38.9 Å². The Labute approximate surface area is 260 Å². The van der Waals surface area contributed by atoms with Crippen molar-refractivity contribution in [2.75, 3.05) is 7.05 Å². The number of β-lactam (4-membered cyclic amide) rings is 1. The summed E-state index contributed by atoms with van der Waals surface area (Å²) in [4.78, 5) is 67.8. The summed E-state index contributed by atoms with van der Waals surface area (Å²) in [6, 6.07) is 10.5. The molecule has 13 heteroatoms. The first-order valence-corrected chi connectivity index (χ1v) is 15.1. The Morgan fingerprint density at radius 3 is 2.27 bits per heavy atom. The smallest absolute Gasteiger partial charge is 0.410 e. The number of hydrogen-bond acceptors (Lipinski definition) is 8. The first-order valence-electron chi connectivity index (χ1n) is 14.3. The maximum Gasteiger partial charge on any atom is 0.410 e. The van der Waals surface area contributed by atoms with Crippen LogP contribution < -0.4 is 10.6 Å². The number of amides is 4. The number of fused-ring (bicyclic) bond motifs is 1. The van der Waals surface area contributed by atoms with Gasteiger partial charge in [-0.25, -0.2) is 9.59 Å². The SMILES string of the molecule is CC(C)CC(C(=O)NC(C(=O)NC1C(=O)N2[C@@H]1SC(C)(C)[C@@H]2C(=O)O)c1ccc(O)cc1)N(C)C(=O)OCc1ccccc1. The highest BCUT2D eigenvalue weighted by Crippen LogP contribution is 2.50. The first kappa shape index (κ1) is 32.6. The summed E-state index contributed by atoms with van der Waals surface area (Å²) in [6.45, 7) is 7.27. The van der Waals surface area contributed by atoms with Gasteiger partial charge >= 0.3 is 12.1 Å². The monoisotopic (exact) mass is 626 g/mol. The second-order valence-corrected chi connectivity index (χ2v) is 13.7. The van der Waals surface area contributed by atoms with Gasteiger partial charge in [-0.2, -0.15) is 0 Å². The van der Waals surface area contributed by atoms with Crippen molar-refractivity contribution in [3.8, 4) is 5.75 Å². The number of phenols is 1. The molecule has 0 bridgehead atoms. The molecule has 0 aliphatic carbocycles. The summed E-state index contributed by atoms with van der Waals surface area (Å²) < 4.78 is 4.66. The van der Waals surface area contributed by atoms with E-state index in [0.717, 1.165) is 5.56 Å². The number of ether oxygens (including phenoxy) is 1. The Morgan fingerprint density at radius 2 is 1.68 bits per heavy atom. The average Bonchev–Trinajstić information content (AvgIpc) is 3.24. The van der Waals surface area contributed by atoms with Crippen molar-refractivity contribution in [1.29, 1.82) is 0 Å². The summed E-state index contributed by atoms with van der Waals surface area (Å²) in [5.74, 6) is -3.01. The molecule has 2 aromatic carbocycles. The normalized spacial score (nSPS) is 21.5. The van der Waals surface area contributed by atoms with Crippen molar-refractivity contribution in [3.63, 3.8) is 0 Å². The lowest BCUT2D eigenvalue weighted by Gasteiger charge is -2.44. The number of benzene rings is 2.